The molecule has 0 saturated heterocycles. The number of hydrogen-bond donors (Lipinski definition) is 2. The maximum Gasteiger partial charge on any atom is 0.191 e. The number of H-pyrrole nitrogens is 1. The number of nitrogens with zero attached hydrogens (tertiary/aromatic N) is 2. The van der Waals surface area contributed by atoms with Crippen molar-refractivity contribution >= 4 is 40.8 Å². The first kappa shape index (κ1) is 16.1. The molecular formula is C16H23IN4. The summed E-state index contributed by atoms with van der Waals surface area (Å²) in [5.74, 6) is 0.670. The van der Waals surface area contributed by atoms with E-state index in [0.29, 0.717) is 12.0 Å². The van der Waals surface area contributed by atoms with Gasteiger partial charge < -0.3 is 15.6 Å². The largest absolute Gasteiger partial charge is 0.370 e. The van der Waals surface area contributed by atoms with E-state index in [1.807, 2.05) is 7.05 Å². The fourth-order valence-electron chi connectivity index (χ4n) is 2.70. The number of halogens is 1. The van der Waals surface area contributed by atoms with Crippen molar-refractivity contribution < 1.29 is 0 Å². The number of benzene rings is 1. The molecule has 0 bridgehead atoms. The van der Waals surface area contributed by atoms with Gasteiger partial charge in [0, 0.05) is 36.7 Å². The molecule has 2 aromatic rings. The van der Waals surface area contributed by atoms with Crippen LogP contribution in [0.5, 0.6) is 0 Å². The van der Waals surface area contributed by atoms with E-state index in [1.54, 1.807) is 0 Å². The van der Waals surface area contributed by atoms with E-state index in [1.165, 1.54) is 34.9 Å². The second-order valence-electron chi connectivity index (χ2n) is 5.64. The summed E-state index contributed by atoms with van der Waals surface area (Å²) in [7, 11) is 2.03. The Kier molecular flexibility index (Phi) is 5.13. The average Bonchev–Trinajstić information content (AvgIpc) is 3.20. The highest BCUT2D eigenvalue weighted by atomic mass is 127. The van der Waals surface area contributed by atoms with E-state index in [2.05, 4.69) is 46.2 Å². The fourth-order valence-corrected chi connectivity index (χ4v) is 2.70. The molecule has 1 aliphatic rings. The molecule has 5 heteroatoms. The van der Waals surface area contributed by atoms with Crippen LogP contribution >= 0.6 is 24.0 Å². The molecule has 0 spiro atoms. The van der Waals surface area contributed by atoms with Crippen LogP contribution in [0.15, 0.2) is 29.4 Å². The Labute approximate surface area is 142 Å². The number of aliphatic imine (C=N–C) groups is 1. The zero-order valence-electron chi connectivity index (χ0n) is 12.6. The quantitative estimate of drug-likeness (QED) is 0.473. The third-order valence-corrected chi connectivity index (χ3v) is 4.11. The Balaban J connectivity index is 0.00000161. The van der Waals surface area contributed by atoms with E-state index < -0.39 is 0 Å². The van der Waals surface area contributed by atoms with Gasteiger partial charge in [-0.25, -0.2) is 0 Å². The highest BCUT2D eigenvalue weighted by Crippen LogP contribution is 2.25. The Bertz CT molecular complexity index is 643. The summed E-state index contributed by atoms with van der Waals surface area (Å²) in [5.41, 5.74) is 9.84. The van der Waals surface area contributed by atoms with Crippen LogP contribution in [0.2, 0.25) is 0 Å². The van der Waals surface area contributed by atoms with Gasteiger partial charge in [-0.3, -0.25) is 4.99 Å². The second-order valence-corrected chi connectivity index (χ2v) is 5.64. The van der Waals surface area contributed by atoms with Crippen LogP contribution in [0.3, 0.4) is 0 Å². The van der Waals surface area contributed by atoms with Crippen molar-refractivity contribution in [1.82, 2.24) is 9.88 Å². The van der Waals surface area contributed by atoms with E-state index >= 15 is 0 Å². The van der Waals surface area contributed by atoms with E-state index in [9.17, 15) is 0 Å². The predicted octanol–water partition coefficient (Wildman–Crippen LogP) is 3.05. The standard InChI is InChI=1S/C16H22N4.HI/c1-11-4-3-5-14-15(11)12(10-19-14)8-9-18-16(17)20(2)13-6-7-13;/h3-5,10,13,19H,6-9H2,1-2H3,(H2,17,18);1H. The first-order valence-electron chi connectivity index (χ1n) is 7.25. The lowest BCUT2D eigenvalue weighted by molar-refractivity contribution is 0.487. The van der Waals surface area contributed by atoms with Gasteiger partial charge in [0.2, 0.25) is 0 Å². The van der Waals surface area contributed by atoms with Crippen LogP contribution in [0, 0.1) is 6.92 Å². The predicted molar refractivity (Wildman–Crippen MR) is 99.4 cm³/mol. The molecule has 1 aromatic heterocycles. The second kappa shape index (κ2) is 6.68. The first-order valence-corrected chi connectivity index (χ1v) is 7.25. The van der Waals surface area contributed by atoms with Crippen molar-refractivity contribution in [2.75, 3.05) is 13.6 Å². The molecule has 0 amide bonds. The first-order chi connectivity index (χ1) is 9.66. The normalized spacial score (nSPS) is 15.0. The van der Waals surface area contributed by atoms with Gasteiger partial charge in [0.25, 0.3) is 0 Å². The Hall–Kier alpha value is -1.24. The molecule has 1 heterocycles. The minimum absolute atomic E-state index is 0. The number of aromatic nitrogens is 1. The van der Waals surface area contributed by atoms with Crippen LogP contribution in [-0.4, -0.2) is 35.5 Å². The Morgan fingerprint density at radius 1 is 1.43 bits per heavy atom. The summed E-state index contributed by atoms with van der Waals surface area (Å²) in [6, 6.07) is 6.97. The number of hydrogen-bond acceptors (Lipinski definition) is 1. The summed E-state index contributed by atoms with van der Waals surface area (Å²) in [6.07, 6.45) is 5.50. The van der Waals surface area contributed by atoms with E-state index in [4.69, 9.17) is 5.73 Å². The highest BCUT2D eigenvalue weighted by Gasteiger charge is 2.27. The summed E-state index contributed by atoms with van der Waals surface area (Å²) in [6.45, 7) is 2.89. The van der Waals surface area contributed by atoms with Gasteiger partial charge in [0.15, 0.2) is 5.96 Å². The van der Waals surface area contributed by atoms with Gasteiger partial charge in [-0.2, -0.15) is 0 Å². The molecule has 1 aliphatic carbocycles. The summed E-state index contributed by atoms with van der Waals surface area (Å²) in [5, 5.41) is 1.33. The molecule has 1 fully saturated rings. The molecule has 3 N–H and O–H groups in total. The van der Waals surface area contributed by atoms with Crippen LogP contribution in [0.1, 0.15) is 24.0 Å². The van der Waals surface area contributed by atoms with Crippen LogP contribution in [0.4, 0.5) is 0 Å². The lowest BCUT2D eigenvalue weighted by atomic mass is 10.1. The van der Waals surface area contributed by atoms with Gasteiger partial charge in [0.05, 0.1) is 0 Å². The molecule has 3 rings (SSSR count). The summed E-state index contributed by atoms with van der Waals surface area (Å²) >= 11 is 0. The maximum atomic E-state index is 6.01. The number of nitrogens with one attached hydrogen (secondary N) is 1. The Morgan fingerprint density at radius 3 is 2.90 bits per heavy atom. The zero-order chi connectivity index (χ0) is 14.1. The molecular weight excluding hydrogens is 375 g/mol. The van der Waals surface area contributed by atoms with Gasteiger partial charge in [-0.15, -0.1) is 24.0 Å². The van der Waals surface area contributed by atoms with Crippen molar-refractivity contribution in [3.63, 3.8) is 0 Å². The molecule has 1 aromatic carbocycles. The number of aryl methyl sites for hydroxylation is 1. The highest BCUT2D eigenvalue weighted by molar-refractivity contribution is 14.0. The average molecular weight is 398 g/mol. The lowest BCUT2D eigenvalue weighted by Gasteiger charge is -2.16. The minimum atomic E-state index is 0. The van der Waals surface area contributed by atoms with Crippen molar-refractivity contribution in [3.05, 3.63) is 35.5 Å². The number of fused-ring (bicyclic) bond motifs is 1. The van der Waals surface area contributed by atoms with Crippen molar-refractivity contribution in [3.8, 4) is 0 Å². The summed E-state index contributed by atoms with van der Waals surface area (Å²) in [4.78, 5) is 9.93. The zero-order valence-corrected chi connectivity index (χ0v) is 14.9. The third-order valence-electron chi connectivity index (χ3n) is 4.11. The molecule has 1 saturated carbocycles. The number of nitrogens with two attached hydrogens (primary N) is 1. The Morgan fingerprint density at radius 2 is 2.19 bits per heavy atom. The molecule has 114 valence electrons. The monoisotopic (exact) mass is 398 g/mol. The molecule has 0 radical (unpaired) electrons. The van der Waals surface area contributed by atoms with Gasteiger partial charge in [-0.05, 0) is 43.4 Å². The van der Waals surface area contributed by atoms with Crippen LogP contribution < -0.4 is 5.73 Å². The SMILES string of the molecule is Cc1cccc2[nH]cc(CCN=C(N)N(C)C3CC3)c12.I. The number of rotatable bonds is 4. The van der Waals surface area contributed by atoms with Crippen molar-refractivity contribution in [2.45, 2.75) is 32.2 Å². The molecule has 21 heavy (non-hydrogen) atoms. The van der Waals surface area contributed by atoms with Gasteiger partial charge in [0.1, 0.15) is 0 Å². The minimum Gasteiger partial charge on any atom is -0.370 e. The van der Waals surface area contributed by atoms with Gasteiger partial charge >= 0.3 is 0 Å². The molecule has 0 atom stereocenters. The molecule has 0 unspecified atom stereocenters. The van der Waals surface area contributed by atoms with Gasteiger partial charge in [-0.1, -0.05) is 12.1 Å². The number of guanidine groups is 1. The number of aromatic amines is 1. The van der Waals surface area contributed by atoms with Crippen molar-refractivity contribution in [1.29, 1.82) is 0 Å². The van der Waals surface area contributed by atoms with E-state index in [0.717, 1.165) is 13.0 Å². The third kappa shape index (κ3) is 3.51. The molecule has 0 aliphatic heterocycles. The molecule has 4 nitrogen and oxygen atoms in total. The topological polar surface area (TPSA) is 57.4 Å². The van der Waals surface area contributed by atoms with Crippen LogP contribution in [-0.2, 0) is 6.42 Å². The fraction of sp³-hybridized carbons (Fsp3) is 0.438. The summed E-state index contributed by atoms with van der Waals surface area (Å²) < 4.78 is 0. The van der Waals surface area contributed by atoms with E-state index in [-0.39, 0.29) is 24.0 Å². The maximum absolute atomic E-state index is 6.01. The lowest BCUT2D eigenvalue weighted by Crippen LogP contribution is -2.35. The van der Waals surface area contributed by atoms with Crippen molar-refractivity contribution in [2.24, 2.45) is 10.7 Å². The van der Waals surface area contributed by atoms with Crippen LogP contribution in [0.25, 0.3) is 10.9 Å². The smallest absolute Gasteiger partial charge is 0.191 e.